The van der Waals surface area contributed by atoms with Crippen LogP contribution in [0.25, 0.3) is 0 Å². The third-order valence-corrected chi connectivity index (χ3v) is 4.54. The van der Waals surface area contributed by atoms with Gasteiger partial charge < -0.3 is 15.2 Å². The van der Waals surface area contributed by atoms with Gasteiger partial charge in [0.2, 0.25) is 0 Å². The normalized spacial score (nSPS) is 13.4. The number of rotatable bonds is 9. The number of alkyl halides is 2. The second kappa shape index (κ2) is 10.2. The molecule has 0 radical (unpaired) electrons. The molecule has 2 aromatic carbocycles. The van der Waals surface area contributed by atoms with Crippen molar-refractivity contribution in [2.75, 3.05) is 0 Å². The molecule has 8 heteroatoms. The van der Waals surface area contributed by atoms with Crippen LogP contribution < -0.4 is 5.32 Å². The molecule has 156 valence electrons. The lowest BCUT2D eigenvalue weighted by molar-refractivity contribution is -0.140. The number of nitrogens with one attached hydrogen (secondary N) is 1. The van der Waals surface area contributed by atoms with E-state index in [1.165, 1.54) is 30.3 Å². The molecule has 2 unspecified atom stereocenters. The largest absolute Gasteiger partial charge is 0.480 e. The molecule has 5 nitrogen and oxygen atoms in total. The summed E-state index contributed by atoms with van der Waals surface area (Å²) >= 11 is 5.84. The van der Waals surface area contributed by atoms with E-state index in [1.54, 1.807) is 18.2 Å². The SMILES string of the molecule is CCCCC(NC(=O)OC(c1ccccc1)C(F)(F)c1cccc(Cl)c1)C(=O)O. The van der Waals surface area contributed by atoms with E-state index in [0.717, 1.165) is 12.5 Å². The smallest absolute Gasteiger partial charge is 0.408 e. The van der Waals surface area contributed by atoms with E-state index in [0.29, 0.717) is 6.42 Å². The number of benzene rings is 2. The Kier molecular flexibility index (Phi) is 7.96. The summed E-state index contributed by atoms with van der Waals surface area (Å²) in [4.78, 5) is 23.6. The van der Waals surface area contributed by atoms with Crippen molar-refractivity contribution in [2.45, 2.75) is 44.3 Å². The van der Waals surface area contributed by atoms with Crippen LogP contribution in [0.5, 0.6) is 0 Å². The fourth-order valence-corrected chi connectivity index (χ4v) is 2.97. The van der Waals surface area contributed by atoms with Gasteiger partial charge in [0.25, 0.3) is 0 Å². The number of halogens is 3. The lowest BCUT2D eigenvalue weighted by atomic mass is 9.97. The van der Waals surface area contributed by atoms with E-state index in [-0.39, 0.29) is 17.0 Å². The van der Waals surface area contributed by atoms with Crippen LogP contribution in [0.1, 0.15) is 43.4 Å². The van der Waals surface area contributed by atoms with Gasteiger partial charge in [0, 0.05) is 10.6 Å². The Morgan fingerprint density at radius 3 is 2.45 bits per heavy atom. The molecule has 0 saturated heterocycles. The third-order valence-electron chi connectivity index (χ3n) is 4.30. The van der Waals surface area contributed by atoms with Crippen LogP contribution in [0.3, 0.4) is 0 Å². The number of hydrogen-bond donors (Lipinski definition) is 2. The fraction of sp³-hybridized carbons (Fsp3) is 0.333. The molecule has 29 heavy (non-hydrogen) atoms. The van der Waals surface area contributed by atoms with Gasteiger partial charge in [0.15, 0.2) is 6.10 Å². The third kappa shape index (κ3) is 6.15. The van der Waals surface area contributed by atoms with Crippen LogP contribution in [0.15, 0.2) is 54.6 Å². The molecule has 2 aromatic rings. The van der Waals surface area contributed by atoms with Gasteiger partial charge in [-0.3, -0.25) is 0 Å². The van der Waals surface area contributed by atoms with Crippen LogP contribution in [0, 0.1) is 0 Å². The first kappa shape index (κ1) is 22.6. The number of carboxylic acid groups (broad SMARTS) is 1. The first-order valence-corrected chi connectivity index (χ1v) is 9.52. The summed E-state index contributed by atoms with van der Waals surface area (Å²) in [5.74, 6) is -4.86. The van der Waals surface area contributed by atoms with Gasteiger partial charge >= 0.3 is 18.0 Å². The molecule has 0 aliphatic rings. The van der Waals surface area contributed by atoms with Crippen molar-refractivity contribution < 1.29 is 28.2 Å². The van der Waals surface area contributed by atoms with Crippen molar-refractivity contribution in [3.8, 4) is 0 Å². The second-order valence-corrected chi connectivity index (χ2v) is 6.94. The van der Waals surface area contributed by atoms with Gasteiger partial charge in [-0.15, -0.1) is 0 Å². The number of hydrogen-bond acceptors (Lipinski definition) is 3. The molecule has 0 spiro atoms. The zero-order valence-electron chi connectivity index (χ0n) is 15.8. The number of amides is 1. The average Bonchev–Trinajstić information content (AvgIpc) is 2.69. The summed E-state index contributed by atoms with van der Waals surface area (Å²) in [7, 11) is 0. The first-order valence-electron chi connectivity index (χ1n) is 9.14. The lowest BCUT2D eigenvalue weighted by Gasteiger charge is -2.28. The molecule has 1 amide bonds. The minimum Gasteiger partial charge on any atom is -0.480 e. The van der Waals surface area contributed by atoms with Crippen molar-refractivity contribution in [1.29, 1.82) is 0 Å². The maximum atomic E-state index is 15.3. The summed E-state index contributed by atoms with van der Waals surface area (Å²) in [6.07, 6.45) is -1.76. The second-order valence-electron chi connectivity index (χ2n) is 6.51. The first-order chi connectivity index (χ1) is 13.8. The number of carbonyl (C=O) groups excluding carboxylic acids is 1. The number of carbonyl (C=O) groups is 2. The molecule has 0 bridgehead atoms. The highest BCUT2D eigenvalue weighted by Gasteiger charge is 2.45. The van der Waals surface area contributed by atoms with Crippen molar-refractivity contribution >= 4 is 23.7 Å². The fourth-order valence-electron chi connectivity index (χ4n) is 2.78. The van der Waals surface area contributed by atoms with E-state index in [4.69, 9.17) is 16.3 Å². The zero-order valence-corrected chi connectivity index (χ0v) is 16.5. The van der Waals surface area contributed by atoms with Gasteiger partial charge in [0.1, 0.15) is 6.04 Å². The van der Waals surface area contributed by atoms with Crippen molar-refractivity contribution in [3.63, 3.8) is 0 Å². The highest BCUT2D eigenvalue weighted by molar-refractivity contribution is 6.30. The Balaban J connectivity index is 2.29. The summed E-state index contributed by atoms with van der Waals surface area (Å²) in [5, 5.41) is 11.5. The average molecular weight is 426 g/mol. The number of ether oxygens (including phenoxy) is 1. The Morgan fingerprint density at radius 2 is 1.86 bits per heavy atom. The van der Waals surface area contributed by atoms with Crippen LogP contribution in [0.4, 0.5) is 13.6 Å². The Hall–Kier alpha value is -2.67. The van der Waals surface area contributed by atoms with E-state index in [2.05, 4.69) is 5.32 Å². The van der Waals surface area contributed by atoms with E-state index >= 15 is 8.78 Å². The maximum Gasteiger partial charge on any atom is 0.408 e. The number of unbranched alkanes of at least 4 members (excludes halogenated alkanes) is 1. The van der Waals surface area contributed by atoms with Gasteiger partial charge in [-0.25, -0.2) is 9.59 Å². The Bertz CT molecular complexity index is 832. The highest BCUT2D eigenvalue weighted by atomic mass is 35.5. The maximum absolute atomic E-state index is 15.3. The molecular weight excluding hydrogens is 404 g/mol. The molecular formula is C21H22ClF2NO4. The lowest BCUT2D eigenvalue weighted by Crippen LogP contribution is -2.42. The van der Waals surface area contributed by atoms with E-state index in [1.807, 2.05) is 6.92 Å². The summed E-state index contributed by atoms with van der Waals surface area (Å²) in [6, 6.07) is 11.4. The predicted molar refractivity (Wildman–Crippen MR) is 105 cm³/mol. The van der Waals surface area contributed by atoms with Crippen molar-refractivity contribution in [3.05, 3.63) is 70.7 Å². The number of alkyl carbamates (subject to hydrolysis) is 1. The molecule has 0 aliphatic carbocycles. The minimum atomic E-state index is -3.61. The summed E-state index contributed by atoms with van der Waals surface area (Å²) in [6.45, 7) is 1.87. The van der Waals surface area contributed by atoms with E-state index in [9.17, 15) is 14.7 Å². The highest BCUT2D eigenvalue weighted by Crippen LogP contribution is 2.43. The zero-order chi connectivity index (χ0) is 21.4. The van der Waals surface area contributed by atoms with Gasteiger partial charge in [0.05, 0.1) is 0 Å². The van der Waals surface area contributed by atoms with Crippen molar-refractivity contribution in [2.24, 2.45) is 0 Å². The van der Waals surface area contributed by atoms with Gasteiger partial charge in [-0.1, -0.05) is 73.8 Å². The van der Waals surface area contributed by atoms with Crippen LogP contribution >= 0.6 is 11.6 Å². The molecule has 0 aromatic heterocycles. The summed E-state index contributed by atoms with van der Waals surface area (Å²) in [5.41, 5.74) is -0.361. The van der Waals surface area contributed by atoms with Crippen LogP contribution in [-0.2, 0) is 15.5 Å². The molecule has 2 atom stereocenters. The Morgan fingerprint density at radius 1 is 1.17 bits per heavy atom. The summed E-state index contributed by atoms with van der Waals surface area (Å²) < 4.78 is 35.6. The topological polar surface area (TPSA) is 75.6 Å². The molecule has 2 rings (SSSR count). The van der Waals surface area contributed by atoms with Gasteiger partial charge in [-0.2, -0.15) is 8.78 Å². The molecule has 2 N–H and O–H groups in total. The van der Waals surface area contributed by atoms with Crippen molar-refractivity contribution in [1.82, 2.24) is 5.32 Å². The number of carboxylic acids is 1. The van der Waals surface area contributed by atoms with Crippen LogP contribution in [0.2, 0.25) is 5.02 Å². The predicted octanol–water partition coefficient (Wildman–Crippen LogP) is 5.54. The molecule has 0 fully saturated rings. The minimum absolute atomic E-state index is 0.0630. The van der Waals surface area contributed by atoms with E-state index < -0.39 is 35.7 Å². The molecule has 0 aliphatic heterocycles. The number of aliphatic carboxylic acids is 1. The monoisotopic (exact) mass is 425 g/mol. The Labute approximate surface area is 172 Å². The van der Waals surface area contributed by atoms with Gasteiger partial charge in [-0.05, 0) is 24.1 Å². The van der Waals surface area contributed by atoms with Crippen LogP contribution in [-0.4, -0.2) is 23.2 Å². The molecule has 0 heterocycles. The molecule has 0 saturated carbocycles. The quantitative estimate of drug-likeness (QED) is 0.552. The standard InChI is InChI=1S/C21H22ClF2NO4/c1-2-3-12-17(19(26)27)25-20(28)29-18(14-8-5-4-6-9-14)21(23,24)15-10-7-11-16(22)13-15/h4-11,13,17-18H,2-3,12H2,1H3,(H,25,28)(H,26,27).